The third-order valence-corrected chi connectivity index (χ3v) is 5.39. The van der Waals surface area contributed by atoms with Crippen LogP contribution in [0.3, 0.4) is 0 Å². The van der Waals surface area contributed by atoms with E-state index in [1.165, 1.54) is 6.07 Å². The zero-order valence-electron chi connectivity index (χ0n) is 17.1. The molecule has 1 N–H and O–H groups in total. The average Bonchev–Trinajstić information content (AvgIpc) is 3.14. The normalized spacial score (nSPS) is 17.0. The topological polar surface area (TPSA) is 58.2 Å². The zero-order valence-corrected chi connectivity index (χ0v) is 17.1. The van der Waals surface area contributed by atoms with Gasteiger partial charge in [0.1, 0.15) is 17.1 Å². The summed E-state index contributed by atoms with van der Waals surface area (Å²) in [4.78, 5) is 22.6. The molecule has 0 bridgehead atoms. The number of imidazole rings is 1. The van der Waals surface area contributed by atoms with E-state index < -0.39 is 11.6 Å². The van der Waals surface area contributed by atoms with Gasteiger partial charge in [-0.05, 0) is 57.4 Å². The van der Waals surface area contributed by atoms with E-state index >= 15 is 0 Å². The van der Waals surface area contributed by atoms with Crippen molar-refractivity contribution in [2.75, 3.05) is 6.54 Å². The predicted molar refractivity (Wildman–Crippen MR) is 111 cm³/mol. The molecule has 0 spiro atoms. The number of piperidine rings is 1. The molecule has 3 aromatic rings. The number of aromatic nitrogens is 2. The molecule has 1 amide bonds. The Morgan fingerprint density at radius 3 is 2.83 bits per heavy atom. The number of carbonyl (C=O) groups is 1. The van der Waals surface area contributed by atoms with Gasteiger partial charge in [0, 0.05) is 19.0 Å². The zero-order chi connectivity index (χ0) is 21.3. The summed E-state index contributed by atoms with van der Waals surface area (Å²) in [6.07, 6.45) is 3.17. The first-order valence-electron chi connectivity index (χ1n) is 10.3. The molecule has 5 nitrogen and oxygen atoms in total. The smallest absolute Gasteiger partial charge is 0.257 e. The Balaban J connectivity index is 1.60. The number of nitrogens with zero attached hydrogens (tertiary/aromatic N) is 2. The van der Waals surface area contributed by atoms with Crippen LogP contribution in [0.1, 0.15) is 49.3 Å². The summed E-state index contributed by atoms with van der Waals surface area (Å²) in [7, 11) is 0. The number of para-hydroxylation sites is 1. The van der Waals surface area contributed by atoms with E-state index in [0.717, 1.165) is 25.3 Å². The first-order chi connectivity index (χ1) is 14.4. The molecule has 1 aromatic heterocycles. The van der Waals surface area contributed by atoms with Crippen LogP contribution in [0.25, 0.3) is 11.0 Å². The molecule has 0 radical (unpaired) electrons. The van der Waals surface area contributed by atoms with Gasteiger partial charge in [0.25, 0.3) is 5.91 Å². The van der Waals surface area contributed by atoms with Crippen LogP contribution in [-0.2, 0) is 6.42 Å². The van der Waals surface area contributed by atoms with Crippen LogP contribution in [0.4, 0.5) is 8.78 Å². The number of ether oxygens (including phenoxy) is 1. The van der Waals surface area contributed by atoms with Crippen LogP contribution < -0.4 is 4.74 Å². The molecule has 30 heavy (non-hydrogen) atoms. The maximum absolute atomic E-state index is 14.0. The second-order valence-corrected chi connectivity index (χ2v) is 7.96. The lowest BCUT2D eigenvalue weighted by Crippen LogP contribution is -2.45. The first kappa shape index (κ1) is 20.3. The minimum atomic E-state index is -0.952. The molecule has 2 aromatic carbocycles. The molecular weight excluding hydrogens is 388 g/mol. The lowest BCUT2D eigenvalue weighted by Gasteiger charge is -2.36. The van der Waals surface area contributed by atoms with Crippen LogP contribution in [0.2, 0.25) is 0 Å². The predicted octanol–water partition coefficient (Wildman–Crippen LogP) is 4.87. The Labute approximate surface area is 174 Å². The number of nitrogens with one attached hydrogen (secondary N) is 1. The monoisotopic (exact) mass is 413 g/mol. The van der Waals surface area contributed by atoms with E-state index in [2.05, 4.69) is 9.97 Å². The van der Waals surface area contributed by atoms with Crippen molar-refractivity contribution in [3.8, 4) is 5.75 Å². The van der Waals surface area contributed by atoms with E-state index in [4.69, 9.17) is 4.74 Å². The number of aromatic amines is 1. The maximum Gasteiger partial charge on any atom is 0.257 e. The van der Waals surface area contributed by atoms with E-state index in [1.54, 1.807) is 6.07 Å². The number of fused-ring (bicyclic) bond motifs is 1. The maximum atomic E-state index is 14.0. The Bertz CT molecular complexity index is 1060. The van der Waals surface area contributed by atoms with Gasteiger partial charge in [0.05, 0.1) is 17.2 Å². The number of benzene rings is 2. The van der Waals surface area contributed by atoms with Gasteiger partial charge in [-0.2, -0.15) is 0 Å². The second-order valence-electron chi connectivity index (χ2n) is 7.96. The van der Waals surface area contributed by atoms with Crippen LogP contribution in [0.15, 0.2) is 36.4 Å². The van der Waals surface area contributed by atoms with Gasteiger partial charge in [-0.1, -0.05) is 12.1 Å². The summed E-state index contributed by atoms with van der Waals surface area (Å²) < 4.78 is 33.4. The summed E-state index contributed by atoms with van der Waals surface area (Å²) in [5.74, 6) is -0.832. The van der Waals surface area contributed by atoms with Gasteiger partial charge < -0.3 is 14.6 Å². The molecule has 0 saturated carbocycles. The summed E-state index contributed by atoms with van der Waals surface area (Å²) in [6, 6.07) is 9.76. The van der Waals surface area contributed by atoms with Crippen molar-refractivity contribution in [3.05, 3.63) is 59.4 Å². The van der Waals surface area contributed by atoms with Gasteiger partial charge in [-0.15, -0.1) is 0 Å². The van der Waals surface area contributed by atoms with Crippen molar-refractivity contribution >= 4 is 16.9 Å². The molecule has 1 aliphatic heterocycles. The number of rotatable bonds is 5. The summed E-state index contributed by atoms with van der Waals surface area (Å²) in [5.41, 5.74) is 0.985. The standard InChI is InChI=1S/C23H25F2N3O2/c1-14(2)30-19-9-4-3-8-16(19)23(29)28-12-6-5-7-15(28)13-20-26-18-11-10-17(24)21(25)22(18)27-20/h3-4,8-11,14-15H,5-7,12-13H2,1-2H3,(H,26,27). The largest absolute Gasteiger partial charge is 0.490 e. The van der Waals surface area contributed by atoms with Crippen LogP contribution in [0.5, 0.6) is 5.75 Å². The Morgan fingerprint density at radius 2 is 2.03 bits per heavy atom. The molecule has 1 aliphatic rings. The number of hydrogen-bond acceptors (Lipinski definition) is 3. The van der Waals surface area contributed by atoms with Gasteiger partial charge in [-0.25, -0.2) is 13.8 Å². The summed E-state index contributed by atoms with van der Waals surface area (Å²) in [6.45, 7) is 4.49. The molecule has 1 fully saturated rings. The van der Waals surface area contributed by atoms with Crippen LogP contribution >= 0.6 is 0 Å². The third-order valence-electron chi connectivity index (χ3n) is 5.39. The number of carbonyl (C=O) groups excluding carboxylic acids is 1. The lowest BCUT2D eigenvalue weighted by atomic mass is 9.97. The highest BCUT2D eigenvalue weighted by molar-refractivity contribution is 5.97. The molecule has 7 heteroatoms. The summed E-state index contributed by atoms with van der Waals surface area (Å²) >= 11 is 0. The number of H-pyrrole nitrogens is 1. The SMILES string of the molecule is CC(C)Oc1ccccc1C(=O)N1CCCCC1Cc1nc2c(F)c(F)ccc2[nH]1. The van der Waals surface area contributed by atoms with Crippen molar-refractivity contribution in [2.24, 2.45) is 0 Å². The number of likely N-dealkylation sites (tertiary alicyclic amines) is 1. The lowest BCUT2D eigenvalue weighted by molar-refractivity contribution is 0.0605. The Kier molecular flexibility index (Phi) is 5.70. The van der Waals surface area contributed by atoms with Gasteiger partial charge in [0.2, 0.25) is 0 Å². The highest BCUT2D eigenvalue weighted by Crippen LogP contribution is 2.27. The molecule has 2 heterocycles. The van der Waals surface area contributed by atoms with Crippen molar-refractivity contribution in [3.63, 3.8) is 0 Å². The van der Waals surface area contributed by atoms with E-state index in [-0.39, 0.29) is 23.6 Å². The van der Waals surface area contributed by atoms with Gasteiger partial charge >= 0.3 is 0 Å². The Hall–Kier alpha value is -2.96. The highest BCUT2D eigenvalue weighted by Gasteiger charge is 2.30. The fourth-order valence-corrected chi connectivity index (χ4v) is 4.02. The molecular formula is C23H25F2N3O2. The minimum Gasteiger partial charge on any atom is -0.490 e. The van der Waals surface area contributed by atoms with Crippen molar-refractivity contribution < 1.29 is 18.3 Å². The Morgan fingerprint density at radius 1 is 1.23 bits per heavy atom. The number of hydrogen-bond donors (Lipinski definition) is 1. The first-order valence-corrected chi connectivity index (χ1v) is 10.3. The van der Waals surface area contributed by atoms with Crippen molar-refractivity contribution in [1.29, 1.82) is 0 Å². The molecule has 1 unspecified atom stereocenters. The average molecular weight is 413 g/mol. The molecule has 0 aliphatic carbocycles. The summed E-state index contributed by atoms with van der Waals surface area (Å²) in [5, 5.41) is 0. The van der Waals surface area contributed by atoms with E-state index in [1.807, 2.05) is 36.9 Å². The van der Waals surface area contributed by atoms with Crippen LogP contribution in [0, 0.1) is 11.6 Å². The minimum absolute atomic E-state index is 0.00522. The molecule has 1 atom stereocenters. The molecule has 4 rings (SSSR count). The third kappa shape index (κ3) is 4.01. The van der Waals surface area contributed by atoms with E-state index in [9.17, 15) is 13.6 Å². The van der Waals surface area contributed by atoms with Crippen molar-refractivity contribution in [1.82, 2.24) is 14.9 Å². The number of amides is 1. The van der Waals surface area contributed by atoms with E-state index in [0.29, 0.717) is 35.6 Å². The molecule has 1 saturated heterocycles. The van der Waals surface area contributed by atoms with Gasteiger partial charge in [0.15, 0.2) is 11.6 Å². The molecule has 158 valence electrons. The highest BCUT2D eigenvalue weighted by atomic mass is 19.2. The fourth-order valence-electron chi connectivity index (χ4n) is 4.02. The number of halogens is 2. The quantitative estimate of drug-likeness (QED) is 0.650. The van der Waals surface area contributed by atoms with Crippen LogP contribution in [-0.4, -0.2) is 39.5 Å². The second kappa shape index (κ2) is 8.42. The fraction of sp³-hybridized carbons (Fsp3) is 0.391. The van der Waals surface area contributed by atoms with Crippen molar-refractivity contribution in [2.45, 2.75) is 51.7 Å². The van der Waals surface area contributed by atoms with Gasteiger partial charge in [-0.3, -0.25) is 4.79 Å².